The summed E-state index contributed by atoms with van der Waals surface area (Å²) in [5, 5.41) is 3.38. The molecular weight excluding hydrogens is 162 g/mol. The fourth-order valence-electron chi connectivity index (χ4n) is 0.799. The van der Waals surface area contributed by atoms with Crippen LogP contribution in [0.4, 0.5) is 0 Å². The number of amidine groups is 1. The molecule has 0 saturated heterocycles. The zero-order valence-corrected chi connectivity index (χ0v) is 8.41. The monoisotopic (exact) mass is 181 g/mol. The topological polar surface area (TPSA) is 64.4 Å². The maximum Gasteiger partial charge on any atom is 0.150 e. The number of hydrazone groups is 1. The maximum absolute atomic E-state index is 5.47. The molecule has 0 radical (unpaired) electrons. The Morgan fingerprint density at radius 3 is 2.08 bits per heavy atom. The minimum Gasteiger partial charge on any atom is -0.382 e. The van der Waals surface area contributed by atoms with E-state index in [0.29, 0.717) is 5.84 Å². The Kier molecular flexibility index (Phi) is 5.35. The molecule has 0 unspecified atom stereocenters. The van der Waals surface area contributed by atoms with E-state index >= 15 is 0 Å². The Labute approximate surface area is 80.9 Å². The zero-order valence-electron chi connectivity index (χ0n) is 8.41. The molecule has 0 aliphatic carbocycles. The fraction of sp³-hybridized carbons (Fsp3) is 0.300. The molecule has 1 aromatic carbocycles. The first-order valence-electron chi connectivity index (χ1n) is 4.34. The first-order valence-corrected chi connectivity index (χ1v) is 4.34. The van der Waals surface area contributed by atoms with Gasteiger partial charge in [-0.3, -0.25) is 0 Å². The van der Waals surface area contributed by atoms with Crippen molar-refractivity contribution < 1.29 is 1.43 Å². The highest BCUT2D eigenvalue weighted by Gasteiger charge is 1.94. The largest absolute Gasteiger partial charge is 0.382 e. The summed E-state index contributed by atoms with van der Waals surface area (Å²) in [7, 11) is 0. The number of nitrogens with two attached hydrogens (primary N) is 2. The van der Waals surface area contributed by atoms with Crippen molar-refractivity contribution in [2.24, 2.45) is 16.7 Å². The summed E-state index contributed by atoms with van der Waals surface area (Å²) in [6.07, 6.45) is 0. The molecule has 74 valence electrons. The van der Waals surface area contributed by atoms with Crippen molar-refractivity contribution >= 4 is 5.84 Å². The van der Waals surface area contributed by atoms with Gasteiger partial charge in [0.2, 0.25) is 0 Å². The number of hydrogen-bond acceptors (Lipinski definition) is 2. The average molecular weight is 181 g/mol. The SMILES string of the molecule is CC.Cc1ccc(/C(N)=N/N)cc1.[HH]. The fourth-order valence-corrected chi connectivity index (χ4v) is 0.799. The van der Waals surface area contributed by atoms with Crippen LogP contribution in [0.1, 0.15) is 26.4 Å². The molecule has 0 aromatic heterocycles. The number of rotatable bonds is 1. The van der Waals surface area contributed by atoms with Gasteiger partial charge in [-0.1, -0.05) is 43.7 Å². The molecule has 1 rings (SSSR count). The second-order valence-corrected chi connectivity index (χ2v) is 2.38. The summed E-state index contributed by atoms with van der Waals surface area (Å²) in [5.74, 6) is 5.37. The van der Waals surface area contributed by atoms with E-state index < -0.39 is 0 Å². The predicted octanol–water partition coefficient (Wildman–Crippen LogP) is 1.85. The van der Waals surface area contributed by atoms with E-state index in [1.807, 2.05) is 45.0 Å². The lowest BCUT2D eigenvalue weighted by Gasteiger charge is -1.98. The van der Waals surface area contributed by atoms with Crippen molar-refractivity contribution in [2.45, 2.75) is 20.8 Å². The van der Waals surface area contributed by atoms with Crippen LogP contribution in [0.2, 0.25) is 0 Å². The van der Waals surface area contributed by atoms with Crippen molar-refractivity contribution in [2.75, 3.05) is 0 Å². The smallest absolute Gasteiger partial charge is 0.150 e. The van der Waals surface area contributed by atoms with Crippen LogP contribution in [-0.4, -0.2) is 5.84 Å². The van der Waals surface area contributed by atoms with Crippen LogP contribution in [-0.2, 0) is 0 Å². The Morgan fingerprint density at radius 2 is 1.69 bits per heavy atom. The number of nitrogens with zero attached hydrogens (tertiary/aromatic N) is 1. The Bertz CT molecular complexity index is 267. The molecule has 3 nitrogen and oxygen atoms in total. The molecule has 3 heteroatoms. The molecule has 0 aliphatic heterocycles. The van der Waals surface area contributed by atoms with Crippen LogP contribution in [0.15, 0.2) is 29.4 Å². The highest BCUT2D eigenvalue weighted by molar-refractivity contribution is 5.97. The molecule has 0 heterocycles. The van der Waals surface area contributed by atoms with Gasteiger partial charge in [0.1, 0.15) is 5.84 Å². The van der Waals surface area contributed by atoms with Crippen LogP contribution in [0.5, 0.6) is 0 Å². The minimum absolute atomic E-state index is 0. The maximum atomic E-state index is 5.47. The van der Waals surface area contributed by atoms with Crippen molar-refractivity contribution in [3.8, 4) is 0 Å². The van der Waals surface area contributed by atoms with Gasteiger partial charge in [-0.15, -0.1) is 0 Å². The minimum atomic E-state index is 0. The van der Waals surface area contributed by atoms with Crippen LogP contribution in [0.25, 0.3) is 0 Å². The van der Waals surface area contributed by atoms with Crippen molar-refractivity contribution in [1.82, 2.24) is 0 Å². The van der Waals surface area contributed by atoms with E-state index in [1.54, 1.807) is 0 Å². The summed E-state index contributed by atoms with van der Waals surface area (Å²) < 4.78 is 0. The normalized spacial score (nSPS) is 10.2. The third kappa shape index (κ3) is 3.60. The van der Waals surface area contributed by atoms with Gasteiger partial charge in [0.25, 0.3) is 0 Å². The van der Waals surface area contributed by atoms with Gasteiger partial charge < -0.3 is 11.6 Å². The molecule has 4 N–H and O–H groups in total. The molecule has 0 atom stereocenters. The van der Waals surface area contributed by atoms with Crippen LogP contribution >= 0.6 is 0 Å². The first kappa shape index (κ1) is 11.5. The lowest BCUT2D eigenvalue weighted by atomic mass is 10.1. The first-order chi connectivity index (χ1) is 6.24. The van der Waals surface area contributed by atoms with Gasteiger partial charge >= 0.3 is 0 Å². The molecular formula is C10H19N3. The summed E-state index contributed by atoms with van der Waals surface area (Å²) in [6.45, 7) is 6.01. The van der Waals surface area contributed by atoms with Gasteiger partial charge in [0, 0.05) is 6.99 Å². The second-order valence-electron chi connectivity index (χ2n) is 2.38. The number of aryl methyl sites for hydroxylation is 1. The summed E-state index contributed by atoms with van der Waals surface area (Å²) in [5.41, 5.74) is 7.52. The van der Waals surface area contributed by atoms with Crippen LogP contribution in [0, 0.1) is 6.92 Å². The van der Waals surface area contributed by atoms with Gasteiger partial charge in [0.15, 0.2) is 0 Å². The van der Waals surface area contributed by atoms with Crippen molar-refractivity contribution in [3.63, 3.8) is 0 Å². The van der Waals surface area contributed by atoms with E-state index in [-0.39, 0.29) is 1.43 Å². The highest BCUT2D eigenvalue weighted by atomic mass is 15.1. The van der Waals surface area contributed by atoms with Gasteiger partial charge in [0.05, 0.1) is 0 Å². The number of hydrogen-bond donors (Lipinski definition) is 2. The third-order valence-electron chi connectivity index (χ3n) is 1.49. The van der Waals surface area contributed by atoms with E-state index in [1.165, 1.54) is 5.56 Å². The Morgan fingerprint density at radius 1 is 1.23 bits per heavy atom. The van der Waals surface area contributed by atoms with Crippen molar-refractivity contribution in [3.05, 3.63) is 35.4 Å². The summed E-state index contributed by atoms with van der Waals surface area (Å²) in [6, 6.07) is 7.71. The molecule has 1 aromatic rings. The van der Waals surface area contributed by atoms with E-state index in [2.05, 4.69) is 5.10 Å². The van der Waals surface area contributed by atoms with Crippen molar-refractivity contribution in [1.29, 1.82) is 0 Å². The molecule has 0 spiro atoms. The van der Waals surface area contributed by atoms with Gasteiger partial charge in [-0.2, -0.15) is 5.10 Å². The van der Waals surface area contributed by atoms with Crippen LogP contribution in [0.3, 0.4) is 0 Å². The highest BCUT2D eigenvalue weighted by Crippen LogP contribution is 2.01. The van der Waals surface area contributed by atoms with E-state index in [9.17, 15) is 0 Å². The summed E-state index contributed by atoms with van der Waals surface area (Å²) >= 11 is 0. The lowest BCUT2D eigenvalue weighted by molar-refractivity contribution is 1.23. The Balaban J connectivity index is 0. The third-order valence-corrected chi connectivity index (χ3v) is 1.49. The molecule has 0 fully saturated rings. The second kappa shape index (κ2) is 6.06. The van der Waals surface area contributed by atoms with Crippen LogP contribution < -0.4 is 11.6 Å². The van der Waals surface area contributed by atoms with E-state index in [0.717, 1.165) is 5.56 Å². The Hall–Kier alpha value is -1.51. The molecule has 13 heavy (non-hydrogen) atoms. The number of benzene rings is 1. The summed E-state index contributed by atoms with van der Waals surface area (Å²) in [4.78, 5) is 0. The standard InChI is InChI=1S/C8H11N3.C2H6.H2/c1-6-2-4-7(5-3-6)8(9)11-10;1-2;/h2-5H,10H2,1H3,(H2,9,11);1-2H3;1H. The lowest BCUT2D eigenvalue weighted by Crippen LogP contribution is -2.15. The molecule has 0 saturated carbocycles. The molecule has 0 aliphatic rings. The molecule has 0 amide bonds. The molecule has 0 bridgehead atoms. The van der Waals surface area contributed by atoms with Gasteiger partial charge in [-0.05, 0) is 6.92 Å². The average Bonchev–Trinajstić information content (AvgIpc) is 2.21. The zero-order chi connectivity index (χ0) is 10.3. The van der Waals surface area contributed by atoms with Gasteiger partial charge in [-0.25, -0.2) is 0 Å². The van der Waals surface area contributed by atoms with E-state index in [4.69, 9.17) is 11.6 Å². The quantitative estimate of drug-likeness (QED) is 0.300. The predicted molar refractivity (Wildman–Crippen MR) is 59.6 cm³/mol.